The maximum atomic E-state index is 13.6. The number of hydrogen-bond donors (Lipinski definition) is 0. The molecule has 2 bridgehead atoms. The van der Waals surface area contributed by atoms with Gasteiger partial charge in [0.1, 0.15) is 23.1 Å². The van der Waals surface area contributed by atoms with Gasteiger partial charge < -0.3 is 18.8 Å². The molecule has 0 unspecified atom stereocenters. The van der Waals surface area contributed by atoms with Gasteiger partial charge in [0.15, 0.2) is 0 Å². The molecular weight excluding hydrogens is 350 g/mol. The molecule has 1 aromatic rings. The molecule has 5 heterocycles. The number of amides is 1. The van der Waals surface area contributed by atoms with Crippen LogP contribution in [0, 0.1) is 23.7 Å². The molecule has 0 saturated carbocycles. The van der Waals surface area contributed by atoms with Crippen molar-refractivity contribution in [3.63, 3.8) is 0 Å². The molecule has 142 valence electrons. The van der Waals surface area contributed by atoms with Gasteiger partial charge in [-0.05, 0) is 12.1 Å². The van der Waals surface area contributed by atoms with Gasteiger partial charge in [-0.25, -0.2) is 0 Å². The van der Waals surface area contributed by atoms with Crippen LogP contribution in [-0.2, 0) is 23.9 Å². The Bertz CT molecular complexity index is 860. The third kappa shape index (κ3) is 1.83. The van der Waals surface area contributed by atoms with Crippen molar-refractivity contribution in [2.24, 2.45) is 23.7 Å². The molecule has 0 aromatic carbocycles. The highest BCUT2D eigenvalue weighted by molar-refractivity contribution is 5.96. The Labute approximate surface area is 156 Å². The smallest absolute Gasteiger partial charge is 0.312 e. The van der Waals surface area contributed by atoms with Crippen LogP contribution in [0.25, 0.3) is 0 Å². The number of nitrogens with zero attached hydrogens (tertiary/aromatic N) is 1. The molecule has 8 atom stereocenters. The molecule has 3 fully saturated rings. The Morgan fingerprint density at radius 2 is 2.04 bits per heavy atom. The molecule has 0 aliphatic carbocycles. The molecule has 7 heteroatoms. The average Bonchev–Trinajstić information content (AvgIpc) is 3.42. The molecule has 1 amide bonds. The first-order valence-corrected chi connectivity index (χ1v) is 9.26. The zero-order chi connectivity index (χ0) is 19.1. The number of hydrogen-bond acceptors (Lipinski definition) is 6. The van der Waals surface area contributed by atoms with Gasteiger partial charge >= 0.3 is 5.97 Å². The van der Waals surface area contributed by atoms with Crippen LogP contribution >= 0.6 is 0 Å². The lowest BCUT2D eigenvalue weighted by Gasteiger charge is -2.46. The van der Waals surface area contributed by atoms with E-state index >= 15 is 0 Å². The van der Waals surface area contributed by atoms with E-state index in [1.807, 2.05) is 26.0 Å². The number of Topliss-reactive ketones (excluding diaryl/α,β-unsaturated/α-hetero) is 1. The van der Waals surface area contributed by atoms with Gasteiger partial charge in [-0.1, -0.05) is 26.0 Å². The average molecular weight is 371 g/mol. The maximum Gasteiger partial charge on any atom is 0.312 e. The largest absolute Gasteiger partial charge is 0.469 e. The lowest BCUT2D eigenvalue weighted by atomic mass is 9.69. The van der Waals surface area contributed by atoms with Crippen LogP contribution in [0.5, 0.6) is 0 Å². The highest BCUT2D eigenvalue weighted by Crippen LogP contribution is 2.60. The van der Waals surface area contributed by atoms with Crippen molar-refractivity contribution in [2.75, 3.05) is 7.11 Å². The van der Waals surface area contributed by atoms with E-state index in [1.165, 1.54) is 7.11 Å². The van der Waals surface area contributed by atoms with Crippen LogP contribution in [-0.4, -0.2) is 47.4 Å². The van der Waals surface area contributed by atoms with Crippen molar-refractivity contribution in [1.29, 1.82) is 0 Å². The zero-order valence-electron chi connectivity index (χ0n) is 15.3. The van der Waals surface area contributed by atoms with E-state index in [1.54, 1.807) is 23.3 Å². The van der Waals surface area contributed by atoms with Gasteiger partial charge in [0.05, 0.1) is 37.5 Å². The molecule has 27 heavy (non-hydrogen) atoms. The van der Waals surface area contributed by atoms with Crippen LogP contribution in [0.1, 0.15) is 25.6 Å². The first kappa shape index (κ1) is 16.7. The van der Waals surface area contributed by atoms with Crippen LogP contribution in [0.15, 0.2) is 35.0 Å². The first-order chi connectivity index (χ1) is 12.9. The van der Waals surface area contributed by atoms with Crippen LogP contribution in [0.3, 0.4) is 0 Å². The second kappa shape index (κ2) is 5.32. The second-order valence-corrected chi connectivity index (χ2v) is 7.95. The van der Waals surface area contributed by atoms with E-state index in [2.05, 4.69) is 0 Å². The molecule has 4 aliphatic rings. The summed E-state index contributed by atoms with van der Waals surface area (Å²) >= 11 is 0. The fraction of sp³-hybridized carbons (Fsp3) is 0.550. The number of ketones is 1. The summed E-state index contributed by atoms with van der Waals surface area (Å²) in [5.41, 5.74) is -0.972. The molecular formula is C20H21NO6. The molecule has 3 saturated heterocycles. The Morgan fingerprint density at radius 1 is 1.26 bits per heavy atom. The number of furan rings is 1. The number of carbonyl (C=O) groups excluding carboxylic acids is 3. The topological polar surface area (TPSA) is 86.1 Å². The summed E-state index contributed by atoms with van der Waals surface area (Å²) in [7, 11) is 1.32. The van der Waals surface area contributed by atoms with Gasteiger partial charge in [0.25, 0.3) is 0 Å². The Kier molecular flexibility index (Phi) is 3.30. The molecule has 0 radical (unpaired) electrons. The Morgan fingerprint density at radius 3 is 2.70 bits per heavy atom. The van der Waals surface area contributed by atoms with Crippen molar-refractivity contribution < 1.29 is 28.3 Å². The van der Waals surface area contributed by atoms with Gasteiger partial charge in [-0.15, -0.1) is 0 Å². The van der Waals surface area contributed by atoms with E-state index in [4.69, 9.17) is 13.9 Å². The lowest BCUT2D eigenvalue weighted by molar-refractivity contribution is -0.157. The molecule has 5 rings (SSSR count). The highest BCUT2D eigenvalue weighted by Gasteiger charge is 2.75. The predicted molar refractivity (Wildman–Crippen MR) is 91.2 cm³/mol. The minimum atomic E-state index is -0.972. The summed E-state index contributed by atoms with van der Waals surface area (Å²) in [6.45, 7) is 3.67. The maximum absolute atomic E-state index is 13.6. The van der Waals surface area contributed by atoms with Crippen LogP contribution < -0.4 is 0 Å². The number of carbonyl (C=O) groups is 3. The second-order valence-electron chi connectivity index (χ2n) is 7.95. The summed E-state index contributed by atoms with van der Waals surface area (Å²) in [6, 6.07) is 2.56. The van der Waals surface area contributed by atoms with Crippen molar-refractivity contribution in [3.05, 3.63) is 36.3 Å². The summed E-state index contributed by atoms with van der Waals surface area (Å²) in [6.07, 6.45) is 4.76. The first-order valence-electron chi connectivity index (χ1n) is 9.26. The van der Waals surface area contributed by atoms with Crippen molar-refractivity contribution in [3.8, 4) is 0 Å². The highest BCUT2D eigenvalue weighted by atomic mass is 16.5. The fourth-order valence-electron chi connectivity index (χ4n) is 5.77. The van der Waals surface area contributed by atoms with Crippen molar-refractivity contribution >= 4 is 17.7 Å². The number of piperidine rings is 1. The molecule has 4 aliphatic heterocycles. The third-order valence-corrected chi connectivity index (χ3v) is 6.82. The summed E-state index contributed by atoms with van der Waals surface area (Å²) in [5.74, 6) is -2.15. The van der Waals surface area contributed by atoms with Crippen molar-refractivity contribution in [2.45, 2.75) is 37.6 Å². The molecule has 7 nitrogen and oxygen atoms in total. The Hall–Kier alpha value is -2.41. The Balaban J connectivity index is 1.67. The van der Waals surface area contributed by atoms with E-state index < -0.39 is 53.4 Å². The van der Waals surface area contributed by atoms with Gasteiger partial charge in [-0.2, -0.15) is 0 Å². The van der Waals surface area contributed by atoms with E-state index in [9.17, 15) is 14.4 Å². The van der Waals surface area contributed by atoms with E-state index in [0.29, 0.717) is 5.76 Å². The van der Waals surface area contributed by atoms with Gasteiger partial charge in [0, 0.05) is 11.8 Å². The lowest BCUT2D eigenvalue weighted by Crippen LogP contribution is -2.58. The summed E-state index contributed by atoms with van der Waals surface area (Å²) in [4.78, 5) is 40.8. The number of ether oxygens (including phenoxy) is 2. The normalized spacial score (nSPS) is 44.6. The van der Waals surface area contributed by atoms with Gasteiger partial charge in [-0.3, -0.25) is 14.4 Å². The van der Waals surface area contributed by atoms with Crippen LogP contribution in [0.4, 0.5) is 0 Å². The van der Waals surface area contributed by atoms with Crippen molar-refractivity contribution in [1.82, 2.24) is 4.90 Å². The SMILES string of the molecule is COC(=O)[C@H]1[C@H]2C=C[C@]3(O2)[C@H]1C(=O)N1[C@@H](c2ccco2)[C@@H](C)C(=O)[C@H](C)[C@@H]13. The fourth-order valence-corrected chi connectivity index (χ4v) is 5.77. The number of fused-ring (bicyclic) bond motifs is 2. The quantitative estimate of drug-likeness (QED) is 0.578. The minimum Gasteiger partial charge on any atom is -0.469 e. The monoisotopic (exact) mass is 371 g/mol. The molecule has 1 spiro atoms. The molecule has 0 N–H and O–H groups in total. The van der Waals surface area contributed by atoms with Gasteiger partial charge in [0.2, 0.25) is 5.91 Å². The standard InChI is InChI=1S/C20H21NO6/c1-9-15(12-5-4-8-26-12)21-17(10(2)16(9)22)20-7-6-11(27-20)13(19(24)25-3)14(20)18(21)23/h4-11,13-15,17H,1-3H3/t9-,10+,11-,13+,14-,15-,17-,20+/m1/s1. The molecule has 1 aromatic heterocycles. The summed E-state index contributed by atoms with van der Waals surface area (Å²) < 4.78 is 16.8. The van der Waals surface area contributed by atoms with E-state index in [0.717, 1.165) is 0 Å². The van der Waals surface area contributed by atoms with E-state index in [-0.39, 0.29) is 11.7 Å². The third-order valence-electron chi connectivity index (χ3n) is 6.82. The predicted octanol–water partition coefficient (Wildman–Crippen LogP) is 1.50. The number of esters is 1. The number of rotatable bonds is 2. The minimum absolute atomic E-state index is 0.0717. The zero-order valence-corrected chi connectivity index (χ0v) is 15.3. The number of methoxy groups -OCH3 is 1. The summed E-state index contributed by atoms with van der Waals surface area (Å²) in [5, 5.41) is 0. The van der Waals surface area contributed by atoms with Crippen LogP contribution in [0.2, 0.25) is 0 Å².